The second-order valence-electron chi connectivity index (χ2n) is 6.63. The number of nitrogens with one attached hydrogen (secondary N) is 1. The number of anilines is 1. The molecule has 112 valence electrons. The minimum atomic E-state index is -1.06. The summed E-state index contributed by atoms with van der Waals surface area (Å²) in [5.74, 6) is -0.492. The summed E-state index contributed by atoms with van der Waals surface area (Å²) in [5.41, 5.74) is -1.46. The van der Waals surface area contributed by atoms with Gasteiger partial charge >= 0.3 is 5.97 Å². The molecule has 0 spiro atoms. The van der Waals surface area contributed by atoms with Crippen molar-refractivity contribution in [2.45, 2.75) is 39.2 Å². The molecule has 5 heteroatoms. The van der Waals surface area contributed by atoms with E-state index in [4.69, 9.17) is 4.74 Å². The molecule has 1 amide bonds. The first-order valence-electron chi connectivity index (χ1n) is 7.03. The molecule has 1 heterocycles. The van der Waals surface area contributed by atoms with E-state index in [9.17, 15) is 9.59 Å². The quantitative estimate of drug-likeness (QED) is 0.829. The van der Waals surface area contributed by atoms with Gasteiger partial charge in [0.2, 0.25) is 0 Å². The first-order chi connectivity index (χ1) is 9.73. The summed E-state index contributed by atoms with van der Waals surface area (Å²) in [5, 5.41) is 2.89. The van der Waals surface area contributed by atoms with Crippen LogP contribution in [0, 0.1) is 10.8 Å². The Morgan fingerprint density at radius 1 is 1.19 bits per heavy atom. The van der Waals surface area contributed by atoms with Gasteiger partial charge in [0.25, 0.3) is 5.91 Å². The van der Waals surface area contributed by atoms with Crippen molar-refractivity contribution in [2.75, 3.05) is 5.32 Å². The number of fused-ring (bicyclic) bond motifs is 2. The van der Waals surface area contributed by atoms with Gasteiger partial charge in [0.05, 0.1) is 5.41 Å². The van der Waals surface area contributed by atoms with Crippen molar-refractivity contribution in [3.05, 3.63) is 28.7 Å². The number of esters is 1. The zero-order chi connectivity index (χ0) is 15.5. The van der Waals surface area contributed by atoms with Gasteiger partial charge in [-0.2, -0.15) is 0 Å². The molecule has 1 aromatic rings. The molecule has 1 saturated heterocycles. The molecule has 3 rings (SSSR count). The molecule has 0 radical (unpaired) electrons. The Morgan fingerprint density at radius 3 is 2.29 bits per heavy atom. The van der Waals surface area contributed by atoms with Gasteiger partial charge in [-0.25, -0.2) is 0 Å². The van der Waals surface area contributed by atoms with Crippen LogP contribution in [0.5, 0.6) is 0 Å². The van der Waals surface area contributed by atoms with Crippen LogP contribution in [0.15, 0.2) is 28.7 Å². The molecule has 4 nitrogen and oxygen atoms in total. The molecule has 0 unspecified atom stereocenters. The SMILES string of the molecule is CC1(C)[C@@]2(C)CC[C@@]1(C(=O)Nc1ccc(Br)cc1)OC2=O. The third kappa shape index (κ3) is 1.73. The van der Waals surface area contributed by atoms with Crippen LogP contribution >= 0.6 is 15.9 Å². The number of rotatable bonds is 2. The minimum absolute atomic E-state index is 0.232. The van der Waals surface area contributed by atoms with Gasteiger partial charge < -0.3 is 10.1 Å². The Balaban J connectivity index is 1.91. The van der Waals surface area contributed by atoms with E-state index in [0.717, 1.165) is 4.47 Å². The summed E-state index contributed by atoms with van der Waals surface area (Å²) in [4.78, 5) is 25.0. The maximum atomic E-state index is 12.8. The largest absolute Gasteiger partial charge is 0.448 e. The van der Waals surface area contributed by atoms with Crippen LogP contribution in [0.3, 0.4) is 0 Å². The van der Waals surface area contributed by atoms with E-state index in [0.29, 0.717) is 18.5 Å². The lowest BCUT2D eigenvalue weighted by Gasteiger charge is -2.35. The molecule has 21 heavy (non-hydrogen) atoms. The number of hydrogen-bond acceptors (Lipinski definition) is 3. The number of amides is 1. The lowest BCUT2D eigenvalue weighted by molar-refractivity contribution is -0.165. The fraction of sp³-hybridized carbons (Fsp3) is 0.500. The molecule has 1 aromatic carbocycles. The van der Waals surface area contributed by atoms with E-state index < -0.39 is 16.4 Å². The second-order valence-corrected chi connectivity index (χ2v) is 7.55. The van der Waals surface area contributed by atoms with Gasteiger partial charge in [-0.3, -0.25) is 9.59 Å². The van der Waals surface area contributed by atoms with Crippen molar-refractivity contribution < 1.29 is 14.3 Å². The molecular formula is C16H18BrNO3. The van der Waals surface area contributed by atoms with Gasteiger partial charge in [-0.05, 0) is 44.0 Å². The van der Waals surface area contributed by atoms with Crippen LogP contribution in [0.2, 0.25) is 0 Å². The Kier molecular flexibility index (Phi) is 3.00. The summed E-state index contributed by atoms with van der Waals surface area (Å²) in [6.07, 6.45) is 1.26. The van der Waals surface area contributed by atoms with E-state index in [1.807, 2.05) is 45.0 Å². The van der Waals surface area contributed by atoms with Crippen molar-refractivity contribution in [3.8, 4) is 0 Å². The smallest absolute Gasteiger partial charge is 0.313 e. The summed E-state index contributed by atoms with van der Waals surface area (Å²) in [6.45, 7) is 5.80. The number of carbonyl (C=O) groups is 2. The Morgan fingerprint density at radius 2 is 1.81 bits per heavy atom. The number of hydrogen-bond donors (Lipinski definition) is 1. The van der Waals surface area contributed by atoms with Gasteiger partial charge in [0.1, 0.15) is 0 Å². The van der Waals surface area contributed by atoms with Crippen molar-refractivity contribution in [1.82, 2.24) is 0 Å². The van der Waals surface area contributed by atoms with Gasteiger partial charge in [-0.15, -0.1) is 0 Å². The fourth-order valence-electron chi connectivity index (χ4n) is 3.51. The summed E-state index contributed by atoms with van der Waals surface area (Å²) in [7, 11) is 0. The van der Waals surface area contributed by atoms with E-state index in [1.54, 1.807) is 0 Å². The second kappa shape index (κ2) is 4.32. The highest BCUT2D eigenvalue weighted by molar-refractivity contribution is 9.10. The van der Waals surface area contributed by atoms with Crippen molar-refractivity contribution in [2.24, 2.45) is 10.8 Å². The zero-order valence-electron chi connectivity index (χ0n) is 12.3. The molecule has 2 fully saturated rings. The van der Waals surface area contributed by atoms with Crippen LogP contribution in [0.4, 0.5) is 5.69 Å². The molecule has 2 atom stereocenters. The fourth-order valence-corrected chi connectivity index (χ4v) is 3.78. The number of halogens is 1. The average molecular weight is 352 g/mol. The summed E-state index contributed by atoms with van der Waals surface area (Å²) >= 11 is 3.36. The topological polar surface area (TPSA) is 55.4 Å². The molecule has 2 bridgehead atoms. The van der Waals surface area contributed by atoms with Gasteiger partial charge in [0, 0.05) is 15.6 Å². The number of benzene rings is 1. The molecule has 1 N–H and O–H groups in total. The van der Waals surface area contributed by atoms with Crippen molar-refractivity contribution >= 4 is 33.5 Å². The third-order valence-corrected chi connectivity index (χ3v) is 6.08. The minimum Gasteiger partial charge on any atom is -0.448 e. The van der Waals surface area contributed by atoms with Crippen LogP contribution in [0.25, 0.3) is 0 Å². The Labute approximate surface area is 132 Å². The highest BCUT2D eigenvalue weighted by atomic mass is 79.9. The lowest BCUT2D eigenvalue weighted by atomic mass is 9.66. The average Bonchev–Trinajstić information content (AvgIpc) is 2.72. The lowest BCUT2D eigenvalue weighted by Crippen LogP contribution is -2.50. The third-order valence-electron chi connectivity index (χ3n) is 5.55. The van der Waals surface area contributed by atoms with Gasteiger partial charge in [0.15, 0.2) is 5.60 Å². The molecular weight excluding hydrogens is 334 g/mol. The molecule has 1 aliphatic heterocycles. The van der Waals surface area contributed by atoms with Gasteiger partial charge in [-0.1, -0.05) is 29.8 Å². The Hall–Kier alpha value is -1.36. The summed E-state index contributed by atoms with van der Waals surface area (Å²) < 4.78 is 6.51. The first-order valence-corrected chi connectivity index (χ1v) is 7.83. The molecule has 1 aliphatic carbocycles. The summed E-state index contributed by atoms with van der Waals surface area (Å²) in [6, 6.07) is 7.35. The first kappa shape index (κ1) is 14.6. The molecule has 2 aliphatic rings. The molecule has 1 saturated carbocycles. The van der Waals surface area contributed by atoms with Crippen LogP contribution in [-0.4, -0.2) is 17.5 Å². The maximum Gasteiger partial charge on any atom is 0.313 e. The van der Waals surface area contributed by atoms with E-state index in [1.165, 1.54) is 0 Å². The number of carbonyl (C=O) groups excluding carboxylic acids is 2. The van der Waals surface area contributed by atoms with E-state index in [2.05, 4.69) is 21.2 Å². The highest BCUT2D eigenvalue weighted by Gasteiger charge is 2.75. The zero-order valence-corrected chi connectivity index (χ0v) is 13.9. The monoisotopic (exact) mass is 351 g/mol. The Bertz CT molecular complexity index is 625. The predicted octanol–water partition coefficient (Wildman–Crippen LogP) is 3.51. The maximum absolute atomic E-state index is 12.8. The predicted molar refractivity (Wildman–Crippen MR) is 82.7 cm³/mol. The standard InChI is InChI=1S/C16H18BrNO3/c1-14(2)15(3)8-9-16(14,21-13(15)20)12(19)18-11-6-4-10(17)5-7-11/h4-7H,8-9H2,1-3H3,(H,18,19)/t15-,16-/m0/s1. The van der Waals surface area contributed by atoms with E-state index in [-0.39, 0.29) is 11.9 Å². The highest BCUT2D eigenvalue weighted by Crippen LogP contribution is 2.65. The van der Waals surface area contributed by atoms with Crippen molar-refractivity contribution in [1.29, 1.82) is 0 Å². The van der Waals surface area contributed by atoms with Crippen molar-refractivity contribution in [3.63, 3.8) is 0 Å². The number of ether oxygens (including phenoxy) is 1. The van der Waals surface area contributed by atoms with Crippen LogP contribution in [0.1, 0.15) is 33.6 Å². The van der Waals surface area contributed by atoms with Crippen LogP contribution in [-0.2, 0) is 14.3 Å². The molecule has 0 aromatic heterocycles. The van der Waals surface area contributed by atoms with Crippen LogP contribution < -0.4 is 5.32 Å². The normalized spacial score (nSPS) is 32.9. The van der Waals surface area contributed by atoms with E-state index >= 15 is 0 Å².